The van der Waals surface area contributed by atoms with Crippen molar-refractivity contribution >= 4 is 29.3 Å². The van der Waals surface area contributed by atoms with Gasteiger partial charge in [-0.15, -0.1) is 0 Å². The average molecular weight is 487 g/mol. The summed E-state index contributed by atoms with van der Waals surface area (Å²) in [6, 6.07) is 1.49. The number of aliphatic hydroxyl groups excluding tert-OH is 2. The number of Topliss-reactive ketones (excluding diaryl/α,β-unsaturated/α-hetero) is 2. The third-order valence-corrected chi connectivity index (χ3v) is 7.03. The standard InChI is InChI=1S/C23H25N3O9/c1-26(2)16-10-7-8-6-9-11(25-22(33)35-3)4-5-12(27)14(9)17(28)13(8)19(30)23(10,34)20(31)15(18(16)29)21(24)32/h4-5,8,10,16,27,29-30,34H,6-7H2,1-3H3,(H2,24,32)(H,25,33)/t8-,10-,16-,23-/m0/s1. The highest BCUT2D eigenvalue weighted by Gasteiger charge is 2.63. The second kappa shape index (κ2) is 8.10. The van der Waals surface area contributed by atoms with Gasteiger partial charge in [0.25, 0.3) is 5.91 Å². The SMILES string of the molecule is COC(=O)Nc1ccc(O)c2c1C[C@H]1C[C@H]3[C@H](N(C)C)C(O)=C(C(N)=O)C(=O)[C@@]3(O)C(O)=C1C2=O. The summed E-state index contributed by atoms with van der Waals surface area (Å²) in [5, 5.41) is 46.4. The number of hydrogen-bond acceptors (Lipinski definition) is 10. The van der Waals surface area contributed by atoms with Crippen LogP contribution in [-0.2, 0) is 20.7 Å². The number of primary amides is 1. The maximum absolute atomic E-state index is 13.5. The lowest BCUT2D eigenvalue weighted by Gasteiger charge is -2.50. The van der Waals surface area contributed by atoms with E-state index in [0.29, 0.717) is 0 Å². The number of fused-ring (bicyclic) bond motifs is 3. The van der Waals surface area contributed by atoms with Gasteiger partial charge >= 0.3 is 6.09 Å². The van der Waals surface area contributed by atoms with Gasteiger partial charge < -0.3 is 30.9 Å². The fourth-order valence-electron chi connectivity index (χ4n) is 5.53. The summed E-state index contributed by atoms with van der Waals surface area (Å²) in [5.41, 5.74) is 1.72. The smallest absolute Gasteiger partial charge is 0.411 e. The van der Waals surface area contributed by atoms with Crippen molar-refractivity contribution in [2.45, 2.75) is 24.5 Å². The molecule has 12 heteroatoms. The van der Waals surface area contributed by atoms with Gasteiger partial charge in [0, 0.05) is 17.2 Å². The molecule has 0 spiro atoms. The van der Waals surface area contributed by atoms with Crippen LogP contribution in [0.15, 0.2) is 34.8 Å². The van der Waals surface area contributed by atoms with Crippen molar-refractivity contribution in [2.75, 3.05) is 26.5 Å². The van der Waals surface area contributed by atoms with Crippen LogP contribution in [0.5, 0.6) is 5.75 Å². The van der Waals surface area contributed by atoms with E-state index in [9.17, 15) is 39.6 Å². The quantitative estimate of drug-likeness (QED) is 0.254. The summed E-state index contributed by atoms with van der Waals surface area (Å²) in [5.74, 6) is -7.36. The molecule has 2 amide bonds. The third kappa shape index (κ3) is 3.28. The summed E-state index contributed by atoms with van der Waals surface area (Å²) < 4.78 is 4.61. The molecular weight excluding hydrogens is 462 g/mol. The summed E-state index contributed by atoms with van der Waals surface area (Å²) in [4.78, 5) is 52.0. The van der Waals surface area contributed by atoms with Gasteiger partial charge in [0.2, 0.25) is 5.78 Å². The molecular formula is C23H25N3O9. The first-order chi connectivity index (χ1) is 16.4. The van der Waals surface area contributed by atoms with Crippen molar-refractivity contribution in [1.29, 1.82) is 0 Å². The Morgan fingerprint density at radius 2 is 1.86 bits per heavy atom. The Labute approximate surface area is 199 Å². The minimum atomic E-state index is -2.71. The molecule has 35 heavy (non-hydrogen) atoms. The molecule has 0 heterocycles. The number of anilines is 1. The van der Waals surface area contributed by atoms with E-state index in [-0.39, 0.29) is 35.2 Å². The molecule has 3 aliphatic carbocycles. The monoisotopic (exact) mass is 487 g/mol. The number of allylic oxidation sites excluding steroid dienone is 1. The van der Waals surface area contributed by atoms with E-state index in [4.69, 9.17) is 5.73 Å². The van der Waals surface area contributed by atoms with Crippen LogP contribution < -0.4 is 11.1 Å². The van der Waals surface area contributed by atoms with Gasteiger partial charge in [-0.05, 0) is 50.6 Å². The zero-order valence-corrected chi connectivity index (χ0v) is 19.2. The molecule has 4 rings (SSSR count). The van der Waals surface area contributed by atoms with Crippen LogP contribution in [0.3, 0.4) is 0 Å². The number of methoxy groups -OCH3 is 1. The van der Waals surface area contributed by atoms with Crippen LogP contribution in [0, 0.1) is 11.8 Å². The molecule has 1 aromatic carbocycles. The number of hydrogen-bond donors (Lipinski definition) is 6. The normalized spacial score (nSPS) is 27.9. The number of phenolic OH excluding ortho intramolecular Hbond substituents is 1. The summed E-state index contributed by atoms with van der Waals surface area (Å²) in [6.07, 6.45) is -0.812. The highest BCUT2D eigenvalue weighted by Crippen LogP contribution is 2.52. The number of carbonyl (C=O) groups excluding carboxylic acids is 4. The number of benzene rings is 1. The molecule has 0 unspecified atom stereocenters. The predicted octanol–water partition coefficient (Wildman–Crippen LogP) is 0.299. The Hall–Kier alpha value is -3.90. The number of rotatable bonds is 3. The lowest BCUT2D eigenvalue weighted by Crippen LogP contribution is -2.63. The van der Waals surface area contributed by atoms with Gasteiger partial charge in [0.15, 0.2) is 11.4 Å². The molecule has 12 nitrogen and oxygen atoms in total. The molecule has 0 radical (unpaired) electrons. The summed E-state index contributed by atoms with van der Waals surface area (Å²) in [6.45, 7) is 0. The molecule has 0 aromatic heterocycles. The van der Waals surface area contributed by atoms with E-state index < -0.39 is 69.9 Å². The minimum absolute atomic E-state index is 0.0439. The first kappa shape index (κ1) is 24.2. The number of aromatic hydroxyl groups is 1. The zero-order valence-electron chi connectivity index (χ0n) is 19.2. The summed E-state index contributed by atoms with van der Waals surface area (Å²) in [7, 11) is 4.25. The molecule has 186 valence electrons. The minimum Gasteiger partial charge on any atom is -0.510 e. The highest BCUT2D eigenvalue weighted by molar-refractivity contribution is 6.24. The fraction of sp³-hybridized carbons (Fsp3) is 0.391. The van der Waals surface area contributed by atoms with Gasteiger partial charge in [0.05, 0.1) is 18.7 Å². The predicted molar refractivity (Wildman–Crippen MR) is 120 cm³/mol. The average Bonchev–Trinajstić information content (AvgIpc) is 2.77. The highest BCUT2D eigenvalue weighted by atomic mass is 16.5. The van der Waals surface area contributed by atoms with Crippen LogP contribution in [-0.4, -0.2) is 81.7 Å². The van der Waals surface area contributed by atoms with E-state index in [1.807, 2.05) is 0 Å². The Morgan fingerprint density at radius 3 is 2.43 bits per heavy atom. The molecule has 0 aliphatic heterocycles. The lowest BCUT2D eigenvalue weighted by atomic mass is 9.58. The molecule has 4 atom stereocenters. The van der Waals surface area contributed by atoms with Crippen molar-refractivity contribution in [2.24, 2.45) is 17.6 Å². The van der Waals surface area contributed by atoms with Crippen molar-refractivity contribution in [3.63, 3.8) is 0 Å². The molecule has 1 aromatic rings. The second-order valence-corrected chi connectivity index (χ2v) is 9.07. The van der Waals surface area contributed by atoms with Gasteiger partial charge in [-0.3, -0.25) is 24.6 Å². The van der Waals surface area contributed by atoms with E-state index >= 15 is 0 Å². The van der Waals surface area contributed by atoms with Crippen LogP contribution in [0.25, 0.3) is 0 Å². The molecule has 0 saturated heterocycles. The number of likely N-dealkylation sites (N-methyl/N-ethyl adjacent to an activating group) is 1. The second-order valence-electron chi connectivity index (χ2n) is 9.07. The number of amides is 2. The summed E-state index contributed by atoms with van der Waals surface area (Å²) >= 11 is 0. The fourth-order valence-corrected chi connectivity index (χ4v) is 5.53. The van der Waals surface area contributed by atoms with Crippen molar-refractivity contribution < 1.29 is 44.3 Å². The lowest BCUT2D eigenvalue weighted by molar-refractivity contribution is -0.148. The van der Waals surface area contributed by atoms with Crippen LogP contribution >= 0.6 is 0 Å². The molecule has 0 saturated carbocycles. The zero-order chi connectivity index (χ0) is 26.0. The number of nitrogens with zero attached hydrogens (tertiary/aromatic N) is 1. The van der Waals surface area contributed by atoms with Gasteiger partial charge in [0.1, 0.15) is 22.8 Å². The van der Waals surface area contributed by atoms with E-state index in [1.54, 1.807) is 14.1 Å². The molecule has 0 bridgehead atoms. The van der Waals surface area contributed by atoms with E-state index in [0.717, 1.165) is 7.11 Å². The Morgan fingerprint density at radius 1 is 1.20 bits per heavy atom. The largest absolute Gasteiger partial charge is 0.510 e. The number of nitrogens with two attached hydrogens (primary N) is 1. The van der Waals surface area contributed by atoms with Crippen molar-refractivity contribution in [3.05, 3.63) is 45.9 Å². The third-order valence-electron chi connectivity index (χ3n) is 7.03. The number of nitrogens with one attached hydrogen (secondary N) is 1. The first-order valence-electron chi connectivity index (χ1n) is 10.7. The van der Waals surface area contributed by atoms with Crippen LogP contribution in [0.4, 0.5) is 10.5 Å². The topological polar surface area (TPSA) is 200 Å². The van der Waals surface area contributed by atoms with Gasteiger partial charge in [-0.2, -0.15) is 0 Å². The first-order valence-corrected chi connectivity index (χ1v) is 10.7. The van der Waals surface area contributed by atoms with E-state index in [1.165, 1.54) is 17.0 Å². The van der Waals surface area contributed by atoms with Gasteiger partial charge in [-0.25, -0.2) is 4.79 Å². The number of ether oxygens (including phenoxy) is 1. The molecule has 3 aliphatic rings. The number of ketones is 2. The number of aliphatic hydroxyl groups is 3. The Bertz CT molecular complexity index is 1250. The Kier molecular flexibility index (Phi) is 5.61. The van der Waals surface area contributed by atoms with Crippen molar-refractivity contribution in [1.82, 2.24) is 4.90 Å². The van der Waals surface area contributed by atoms with Crippen LogP contribution in [0.2, 0.25) is 0 Å². The molecule has 0 fully saturated rings. The van der Waals surface area contributed by atoms with Crippen LogP contribution in [0.1, 0.15) is 22.3 Å². The van der Waals surface area contributed by atoms with E-state index in [2.05, 4.69) is 10.1 Å². The number of carbonyl (C=O) groups is 4. The Balaban J connectivity index is 1.93. The van der Waals surface area contributed by atoms with Gasteiger partial charge in [-0.1, -0.05) is 0 Å². The number of phenols is 1. The molecule has 7 N–H and O–H groups in total. The maximum atomic E-state index is 13.5. The maximum Gasteiger partial charge on any atom is 0.411 e. The van der Waals surface area contributed by atoms with Crippen molar-refractivity contribution in [3.8, 4) is 5.75 Å².